The average molecular weight is 448 g/mol. The molecule has 0 aliphatic carbocycles. The van der Waals surface area contributed by atoms with Crippen LogP contribution in [0.4, 0.5) is 0 Å². The maximum absolute atomic E-state index is 12.9. The van der Waals surface area contributed by atoms with Crippen LogP contribution in [0, 0.1) is 5.92 Å². The quantitative estimate of drug-likeness (QED) is 0.532. The van der Waals surface area contributed by atoms with E-state index in [0.29, 0.717) is 18.7 Å². The SMILES string of the molecule is CC(O)C1CN(C(=O)c2ccnc(C(=O)Cc3cccc([C@H](C)Cc4nncn4C)c3)c2)C1. The minimum absolute atomic E-state index is 0.111. The maximum atomic E-state index is 12.9. The van der Waals surface area contributed by atoms with E-state index in [1.807, 2.05) is 29.8 Å². The van der Waals surface area contributed by atoms with Gasteiger partial charge in [-0.15, -0.1) is 10.2 Å². The van der Waals surface area contributed by atoms with Crippen LogP contribution in [0.25, 0.3) is 0 Å². The summed E-state index contributed by atoms with van der Waals surface area (Å²) in [5, 5.41) is 17.7. The monoisotopic (exact) mass is 447 g/mol. The molecular formula is C25H29N5O3. The first-order valence-corrected chi connectivity index (χ1v) is 11.2. The average Bonchev–Trinajstić information content (AvgIpc) is 3.17. The van der Waals surface area contributed by atoms with E-state index in [2.05, 4.69) is 28.2 Å². The van der Waals surface area contributed by atoms with E-state index >= 15 is 0 Å². The first-order valence-electron chi connectivity index (χ1n) is 11.2. The maximum Gasteiger partial charge on any atom is 0.254 e. The highest BCUT2D eigenvalue weighted by atomic mass is 16.3. The van der Waals surface area contributed by atoms with Crippen molar-refractivity contribution in [3.05, 3.63) is 77.1 Å². The lowest BCUT2D eigenvalue weighted by molar-refractivity contribution is 0.00881. The molecule has 4 rings (SSSR count). The van der Waals surface area contributed by atoms with Crippen LogP contribution < -0.4 is 0 Å². The van der Waals surface area contributed by atoms with E-state index in [9.17, 15) is 14.7 Å². The van der Waals surface area contributed by atoms with Crippen molar-refractivity contribution in [1.82, 2.24) is 24.6 Å². The van der Waals surface area contributed by atoms with E-state index in [4.69, 9.17) is 0 Å². The van der Waals surface area contributed by atoms with Gasteiger partial charge >= 0.3 is 0 Å². The molecule has 2 atom stereocenters. The predicted octanol–water partition coefficient (Wildman–Crippen LogP) is 2.43. The third-order valence-electron chi connectivity index (χ3n) is 6.35. The molecule has 8 heteroatoms. The fourth-order valence-corrected chi connectivity index (χ4v) is 4.05. The van der Waals surface area contributed by atoms with Crippen LogP contribution in [-0.2, 0) is 19.9 Å². The van der Waals surface area contributed by atoms with Crippen molar-refractivity contribution < 1.29 is 14.7 Å². The number of likely N-dealkylation sites (tertiary alicyclic amines) is 1. The van der Waals surface area contributed by atoms with Gasteiger partial charge in [0.15, 0.2) is 5.78 Å². The number of pyridine rings is 1. The molecule has 2 aromatic heterocycles. The Morgan fingerprint density at radius 3 is 2.67 bits per heavy atom. The number of carbonyl (C=O) groups excluding carboxylic acids is 2. The standard InChI is InChI=1S/C25H29N5O3/c1-16(9-24-28-27-15-29(24)3)19-6-4-5-18(10-19)11-23(32)22-12-20(7-8-26-22)25(33)30-13-21(14-30)17(2)31/h4-8,10,12,15-17,21,31H,9,11,13-14H2,1-3H3/t16-,17?/m1/s1. The molecule has 1 saturated heterocycles. The molecule has 0 saturated carbocycles. The molecule has 1 amide bonds. The van der Waals surface area contributed by atoms with Crippen LogP contribution in [-0.4, -0.2) is 60.6 Å². The molecule has 1 aliphatic heterocycles. The number of Topliss-reactive ketones (excluding diaryl/α,β-unsaturated/α-hetero) is 1. The number of rotatable bonds is 8. The summed E-state index contributed by atoms with van der Waals surface area (Å²) in [6.45, 7) is 4.92. The fraction of sp³-hybridized carbons (Fsp3) is 0.400. The van der Waals surface area contributed by atoms with Crippen molar-refractivity contribution >= 4 is 11.7 Å². The Hall–Kier alpha value is -3.39. The van der Waals surface area contributed by atoms with Gasteiger partial charge in [0.05, 0.1) is 6.10 Å². The number of nitrogens with zero attached hydrogens (tertiary/aromatic N) is 5. The highest BCUT2D eigenvalue weighted by Crippen LogP contribution is 2.23. The molecule has 1 fully saturated rings. The number of hydrogen-bond donors (Lipinski definition) is 1. The highest BCUT2D eigenvalue weighted by Gasteiger charge is 2.34. The number of aliphatic hydroxyl groups is 1. The zero-order chi connectivity index (χ0) is 23.5. The molecular weight excluding hydrogens is 418 g/mol. The summed E-state index contributed by atoms with van der Waals surface area (Å²) in [5.41, 5.74) is 2.77. The fourth-order valence-electron chi connectivity index (χ4n) is 4.05. The molecule has 0 spiro atoms. The number of benzene rings is 1. The molecule has 3 aromatic rings. The lowest BCUT2D eigenvalue weighted by Crippen LogP contribution is -2.53. The number of aliphatic hydroxyl groups excluding tert-OH is 1. The first-order chi connectivity index (χ1) is 15.8. The molecule has 1 N–H and O–H groups in total. The molecule has 8 nitrogen and oxygen atoms in total. The van der Waals surface area contributed by atoms with Crippen LogP contribution in [0.15, 0.2) is 48.9 Å². The zero-order valence-electron chi connectivity index (χ0n) is 19.2. The van der Waals surface area contributed by atoms with Crippen molar-refractivity contribution in [3.63, 3.8) is 0 Å². The van der Waals surface area contributed by atoms with Crippen LogP contribution in [0.3, 0.4) is 0 Å². The third kappa shape index (κ3) is 5.17. The Balaban J connectivity index is 1.41. The van der Waals surface area contributed by atoms with E-state index in [0.717, 1.165) is 23.4 Å². The first kappa shape index (κ1) is 22.8. The van der Waals surface area contributed by atoms with Crippen LogP contribution in [0.2, 0.25) is 0 Å². The van der Waals surface area contributed by atoms with Crippen molar-refractivity contribution in [3.8, 4) is 0 Å². The summed E-state index contributed by atoms with van der Waals surface area (Å²) in [6.07, 6.45) is 3.74. The van der Waals surface area contributed by atoms with E-state index in [1.165, 1.54) is 6.20 Å². The molecule has 0 bridgehead atoms. The normalized spacial score (nSPS) is 15.7. The van der Waals surface area contributed by atoms with Gasteiger partial charge in [0, 0.05) is 50.7 Å². The second kappa shape index (κ2) is 9.62. The summed E-state index contributed by atoms with van der Waals surface area (Å²) >= 11 is 0. The number of hydrogen-bond acceptors (Lipinski definition) is 6. The second-order valence-corrected chi connectivity index (χ2v) is 8.95. The molecule has 33 heavy (non-hydrogen) atoms. The number of amides is 1. The highest BCUT2D eigenvalue weighted by molar-refractivity contribution is 6.00. The molecule has 3 heterocycles. The molecule has 172 valence electrons. The van der Waals surface area contributed by atoms with Crippen LogP contribution >= 0.6 is 0 Å². The summed E-state index contributed by atoms with van der Waals surface area (Å²) in [4.78, 5) is 31.5. The molecule has 1 unspecified atom stereocenters. The van der Waals surface area contributed by atoms with Gasteiger partial charge in [0.1, 0.15) is 17.8 Å². The van der Waals surface area contributed by atoms with Crippen LogP contribution in [0.1, 0.15) is 57.6 Å². The predicted molar refractivity (Wildman–Crippen MR) is 123 cm³/mol. The van der Waals surface area contributed by atoms with Crippen molar-refractivity contribution in [2.45, 2.75) is 38.7 Å². The van der Waals surface area contributed by atoms with Crippen molar-refractivity contribution in [1.29, 1.82) is 0 Å². The number of aromatic nitrogens is 4. The van der Waals surface area contributed by atoms with Gasteiger partial charge in [-0.05, 0) is 36.1 Å². The molecule has 1 aliphatic rings. The van der Waals surface area contributed by atoms with E-state index in [-0.39, 0.29) is 35.6 Å². The summed E-state index contributed by atoms with van der Waals surface area (Å²) < 4.78 is 1.91. The van der Waals surface area contributed by atoms with Gasteiger partial charge in [0.2, 0.25) is 0 Å². The minimum Gasteiger partial charge on any atom is -0.393 e. The Labute approximate surface area is 193 Å². The largest absolute Gasteiger partial charge is 0.393 e. The number of ketones is 1. The van der Waals surface area contributed by atoms with Gasteiger partial charge < -0.3 is 14.6 Å². The van der Waals surface area contributed by atoms with E-state index in [1.54, 1.807) is 30.3 Å². The lowest BCUT2D eigenvalue weighted by Gasteiger charge is -2.40. The van der Waals surface area contributed by atoms with Gasteiger partial charge in [0.25, 0.3) is 5.91 Å². The van der Waals surface area contributed by atoms with Gasteiger partial charge in [-0.25, -0.2) is 0 Å². The molecule has 0 radical (unpaired) electrons. The molecule has 1 aromatic carbocycles. The Morgan fingerprint density at radius 2 is 1.97 bits per heavy atom. The zero-order valence-corrected chi connectivity index (χ0v) is 19.2. The smallest absolute Gasteiger partial charge is 0.254 e. The van der Waals surface area contributed by atoms with Gasteiger partial charge in [-0.1, -0.05) is 31.2 Å². The topological polar surface area (TPSA) is 101 Å². The van der Waals surface area contributed by atoms with Gasteiger partial charge in [-0.3, -0.25) is 14.6 Å². The number of carbonyl (C=O) groups is 2. The summed E-state index contributed by atoms with van der Waals surface area (Å²) in [7, 11) is 1.93. The van der Waals surface area contributed by atoms with E-state index < -0.39 is 6.10 Å². The van der Waals surface area contributed by atoms with Crippen molar-refractivity contribution in [2.75, 3.05) is 13.1 Å². The number of aryl methyl sites for hydroxylation is 1. The Kier molecular flexibility index (Phi) is 6.65. The lowest BCUT2D eigenvalue weighted by atomic mass is 9.93. The minimum atomic E-state index is -0.428. The Morgan fingerprint density at radius 1 is 1.18 bits per heavy atom. The Bertz CT molecular complexity index is 1150. The third-order valence-corrected chi connectivity index (χ3v) is 6.35. The van der Waals surface area contributed by atoms with Crippen LogP contribution in [0.5, 0.6) is 0 Å². The van der Waals surface area contributed by atoms with Gasteiger partial charge in [-0.2, -0.15) is 0 Å². The second-order valence-electron chi connectivity index (χ2n) is 8.95. The summed E-state index contributed by atoms with van der Waals surface area (Å²) in [6, 6.07) is 11.2. The van der Waals surface area contributed by atoms with Crippen molar-refractivity contribution in [2.24, 2.45) is 13.0 Å². The summed E-state index contributed by atoms with van der Waals surface area (Å²) in [5.74, 6) is 0.983.